The summed E-state index contributed by atoms with van der Waals surface area (Å²) in [7, 11) is 5.84. The van der Waals surface area contributed by atoms with Gasteiger partial charge < -0.3 is 4.57 Å². The van der Waals surface area contributed by atoms with Crippen molar-refractivity contribution in [3.63, 3.8) is 0 Å². The lowest BCUT2D eigenvalue weighted by Crippen LogP contribution is -2.01. The molecule has 0 aliphatic rings. The number of aromatic nitrogens is 2. The van der Waals surface area contributed by atoms with Crippen LogP contribution in [0.2, 0.25) is 11.3 Å². The highest BCUT2D eigenvalue weighted by molar-refractivity contribution is 6.32. The van der Waals surface area contributed by atoms with Gasteiger partial charge in [0.05, 0.1) is 24.9 Å². The maximum absolute atomic E-state index is 12.9. The van der Waals surface area contributed by atoms with Crippen LogP contribution in [0.5, 0.6) is 0 Å². The molecule has 156 valence electrons. The van der Waals surface area contributed by atoms with Crippen LogP contribution in [-0.4, -0.2) is 17.4 Å². The highest BCUT2D eigenvalue weighted by Gasteiger charge is 2.11. The van der Waals surface area contributed by atoms with Gasteiger partial charge in [-0.05, 0) is 35.2 Å². The van der Waals surface area contributed by atoms with Crippen molar-refractivity contribution in [2.45, 2.75) is 32.0 Å². The van der Waals surface area contributed by atoms with Crippen molar-refractivity contribution in [3.8, 4) is 5.69 Å². The molecule has 0 saturated carbocycles. The zero-order chi connectivity index (χ0) is 22.2. The van der Waals surface area contributed by atoms with Crippen LogP contribution >= 0.6 is 11.6 Å². The lowest BCUT2D eigenvalue weighted by Gasteiger charge is -2.15. The summed E-state index contributed by atoms with van der Waals surface area (Å²) in [6.45, 7) is 4.15. The molecule has 1 heterocycles. The Bertz CT molecular complexity index is 1040. The van der Waals surface area contributed by atoms with Crippen LogP contribution in [0.4, 0.5) is 4.39 Å². The number of hydrogen-bond acceptors (Lipinski definition) is 1. The van der Waals surface area contributed by atoms with Gasteiger partial charge in [0.25, 0.3) is 0 Å². The van der Waals surface area contributed by atoms with E-state index in [2.05, 4.69) is 67.4 Å². The lowest BCUT2D eigenvalue weighted by atomic mass is 9.81. The third kappa shape index (κ3) is 5.86. The first-order valence-electron chi connectivity index (χ1n) is 10.3. The van der Waals surface area contributed by atoms with Crippen molar-refractivity contribution in [3.05, 3.63) is 119 Å². The summed E-state index contributed by atoms with van der Waals surface area (Å²) < 4.78 is 14.8. The number of imidazole rings is 1. The van der Waals surface area contributed by atoms with Gasteiger partial charge in [0.15, 0.2) is 0 Å². The first-order valence-corrected chi connectivity index (χ1v) is 10.7. The second-order valence-corrected chi connectivity index (χ2v) is 7.96. The Kier molecular flexibility index (Phi) is 8.08. The molecule has 0 aliphatic carbocycles. The normalized spacial score (nSPS) is 10.8. The molecule has 0 fully saturated rings. The molecular formula is C26H25BClFN2. The highest BCUT2D eigenvalue weighted by atomic mass is 35.5. The minimum atomic E-state index is -0.333. The molecular weight excluding hydrogens is 406 g/mol. The Labute approximate surface area is 190 Å². The van der Waals surface area contributed by atoms with Gasteiger partial charge >= 0.3 is 0 Å². The number of rotatable bonds is 5. The molecule has 0 aliphatic heterocycles. The maximum atomic E-state index is 12.9. The molecule has 2 radical (unpaired) electrons. The average molecular weight is 431 g/mol. The molecule has 0 saturated heterocycles. The molecule has 31 heavy (non-hydrogen) atoms. The van der Waals surface area contributed by atoms with Gasteiger partial charge in [-0.25, -0.2) is 9.37 Å². The Morgan fingerprint density at radius 2 is 1.52 bits per heavy atom. The van der Waals surface area contributed by atoms with Crippen LogP contribution in [0.25, 0.3) is 5.69 Å². The minimum Gasteiger partial charge on any atom is -0.302 e. The van der Waals surface area contributed by atoms with Crippen molar-refractivity contribution >= 4 is 19.4 Å². The van der Waals surface area contributed by atoms with Gasteiger partial charge in [0, 0.05) is 17.8 Å². The average Bonchev–Trinajstić information content (AvgIpc) is 3.26. The van der Waals surface area contributed by atoms with E-state index in [-0.39, 0.29) is 5.82 Å². The summed E-state index contributed by atoms with van der Waals surface area (Å²) >= 11 is 6.01. The first-order chi connectivity index (χ1) is 15.0. The Morgan fingerprint density at radius 1 is 0.935 bits per heavy atom. The van der Waals surface area contributed by atoms with Crippen molar-refractivity contribution in [1.82, 2.24) is 9.55 Å². The summed E-state index contributed by atoms with van der Waals surface area (Å²) in [5.74, 6) is 0.316. The molecule has 0 spiro atoms. The van der Waals surface area contributed by atoms with Gasteiger partial charge in [-0.2, -0.15) is 0 Å². The van der Waals surface area contributed by atoms with Crippen molar-refractivity contribution < 1.29 is 4.39 Å². The Balaban J connectivity index is 0.000000176. The summed E-state index contributed by atoms with van der Waals surface area (Å²) in [5.41, 5.74) is 4.37. The molecule has 2 nitrogen and oxygen atoms in total. The molecule has 4 aromatic rings. The molecule has 4 rings (SSSR count). The minimum absolute atomic E-state index is 0.312. The zero-order valence-electron chi connectivity index (χ0n) is 17.7. The predicted octanol–water partition coefficient (Wildman–Crippen LogP) is 7.19. The maximum Gasteiger partial charge on any atom is 0.124 e. The van der Waals surface area contributed by atoms with Crippen molar-refractivity contribution in [1.29, 1.82) is 0 Å². The molecule has 1 aromatic heterocycles. The summed E-state index contributed by atoms with van der Waals surface area (Å²) in [5, 5.41) is 0.389. The van der Waals surface area contributed by atoms with E-state index in [9.17, 15) is 4.39 Å². The number of halogens is 2. The van der Waals surface area contributed by atoms with Crippen molar-refractivity contribution in [2.75, 3.05) is 0 Å². The molecule has 0 bridgehead atoms. The van der Waals surface area contributed by atoms with E-state index < -0.39 is 0 Å². The van der Waals surface area contributed by atoms with Crippen LogP contribution in [0.15, 0.2) is 91.4 Å². The number of nitrogens with zero attached hydrogens (tertiary/aromatic N) is 2. The van der Waals surface area contributed by atoms with Gasteiger partial charge in [0.2, 0.25) is 0 Å². The zero-order valence-corrected chi connectivity index (χ0v) is 18.5. The lowest BCUT2D eigenvalue weighted by molar-refractivity contribution is 0.627. The van der Waals surface area contributed by atoms with E-state index in [0.717, 1.165) is 11.4 Å². The Hall–Kier alpha value is -2.85. The van der Waals surface area contributed by atoms with Crippen LogP contribution in [0.3, 0.4) is 0 Å². The predicted molar refractivity (Wildman–Crippen MR) is 128 cm³/mol. The Morgan fingerprint density at radius 3 is 2.00 bits per heavy atom. The van der Waals surface area contributed by atoms with Gasteiger partial charge in [-0.15, -0.1) is 0 Å². The number of benzene rings is 3. The third-order valence-corrected chi connectivity index (χ3v) is 5.37. The fourth-order valence-corrected chi connectivity index (χ4v) is 3.70. The van der Waals surface area contributed by atoms with E-state index in [1.165, 1.54) is 23.3 Å². The van der Waals surface area contributed by atoms with Crippen LogP contribution in [0, 0.1) is 5.82 Å². The fourth-order valence-electron chi connectivity index (χ4n) is 3.45. The van der Waals surface area contributed by atoms with Crippen LogP contribution < -0.4 is 0 Å². The van der Waals surface area contributed by atoms with E-state index in [1.807, 2.05) is 16.7 Å². The van der Waals surface area contributed by atoms with E-state index in [0.29, 0.717) is 23.2 Å². The van der Waals surface area contributed by atoms with E-state index >= 15 is 0 Å². The summed E-state index contributed by atoms with van der Waals surface area (Å²) in [6, 6.07) is 25.2. The second-order valence-electron chi connectivity index (χ2n) is 7.55. The molecule has 5 heteroatoms. The monoisotopic (exact) mass is 430 g/mol. The fraction of sp³-hybridized carbons (Fsp3) is 0.192. The molecule has 0 atom stereocenters. The van der Waals surface area contributed by atoms with E-state index in [4.69, 9.17) is 19.4 Å². The van der Waals surface area contributed by atoms with Crippen LogP contribution in [-0.2, 0) is 0 Å². The number of hydrogen-bond donors (Lipinski definition) is 0. The van der Waals surface area contributed by atoms with Gasteiger partial charge in [-0.1, -0.05) is 92.4 Å². The smallest absolute Gasteiger partial charge is 0.124 e. The van der Waals surface area contributed by atoms with Gasteiger partial charge in [-0.3, -0.25) is 0 Å². The largest absolute Gasteiger partial charge is 0.302 e. The second kappa shape index (κ2) is 11.0. The summed E-state index contributed by atoms with van der Waals surface area (Å²) in [4.78, 5) is 4.09. The topological polar surface area (TPSA) is 17.8 Å². The highest BCUT2D eigenvalue weighted by Crippen LogP contribution is 2.27. The standard InChI is InChI=1S/C14H13B.C12H12ClFN2/c15-11-14(12-7-3-1-4-8-12)13-9-5-2-6-10-13;1-8(2)12-6-15-7-16(12)11-4-3-9(14)5-10(11)13/h1-10,14H,11H2;3-8H,1-2H3. The molecule has 0 amide bonds. The quantitative estimate of drug-likeness (QED) is 0.306. The van der Waals surface area contributed by atoms with Crippen LogP contribution in [0.1, 0.15) is 42.5 Å². The van der Waals surface area contributed by atoms with E-state index in [1.54, 1.807) is 18.6 Å². The van der Waals surface area contributed by atoms with Gasteiger partial charge in [0.1, 0.15) is 5.82 Å². The molecule has 3 aromatic carbocycles. The first kappa shape index (κ1) is 22.8. The third-order valence-electron chi connectivity index (χ3n) is 5.07. The van der Waals surface area contributed by atoms with Crippen molar-refractivity contribution in [2.24, 2.45) is 0 Å². The SMILES string of the molecule is CC(C)c1cncn1-c1ccc(F)cc1Cl.[B]CC(c1ccccc1)c1ccccc1. The molecule has 0 N–H and O–H groups in total. The summed E-state index contributed by atoms with van der Waals surface area (Å²) in [6.07, 6.45) is 4.13. The molecule has 0 unspecified atom stereocenters.